The Labute approximate surface area is 162 Å². The van der Waals surface area contributed by atoms with Crippen molar-refractivity contribution >= 4 is 11.8 Å². The fourth-order valence-electron chi connectivity index (χ4n) is 3.86. The molecule has 0 radical (unpaired) electrons. The zero-order chi connectivity index (χ0) is 19.1. The molecule has 2 heterocycles. The molecular formula is C21H32N4O2. The highest BCUT2D eigenvalue weighted by Crippen LogP contribution is 2.12. The summed E-state index contributed by atoms with van der Waals surface area (Å²) < 4.78 is 0. The van der Waals surface area contributed by atoms with Crippen molar-refractivity contribution in [1.82, 2.24) is 20.0 Å². The molecule has 1 atom stereocenters. The maximum absolute atomic E-state index is 12.4. The summed E-state index contributed by atoms with van der Waals surface area (Å²) in [7, 11) is 0. The number of amides is 2. The first-order chi connectivity index (χ1) is 13.1. The fourth-order valence-corrected chi connectivity index (χ4v) is 3.86. The maximum Gasteiger partial charge on any atom is 0.236 e. The molecule has 0 saturated carbocycles. The molecular weight excluding hydrogens is 340 g/mol. The molecule has 2 fully saturated rings. The van der Waals surface area contributed by atoms with Gasteiger partial charge in [0.25, 0.3) is 0 Å². The van der Waals surface area contributed by atoms with E-state index in [1.807, 2.05) is 42.2 Å². The van der Waals surface area contributed by atoms with Crippen molar-refractivity contribution in [2.45, 2.75) is 32.2 Å². The Morgan fingerprint density at radius 1 is 0.889 bits per heavy atom. The van der Waals surface area contributed by atoms with E-state index in [1.165, 1.54) is 6.42 Å². The van der Waals surface area contributed by atoms with Crippen LogP contribution in [-0.2, 0) is 9.59 Å². The average Bonchev–Trinajstić information content (AvgIpc) is 2.70. The number of hydrogen-bond donors (Lipinski definition) is 1. The van der Waals surface area contributed by atoms with Crippen molar-refractivity contribution < 1.29 is 9.59 Å². The molecule has 0 spiro atoms. The predicted molar refractivity (Wildman–Crippen MR) is 106 cm³/mol. The fraction of sp³-hybridized carbons (Fsp3) is 0.619. The standard InChI is InChI=1S/C21H32N4O2/c1-18(19-8-4-2-5-9-19)22-20(26)16-23-12-14-24(15-13-23)17-21(27)25-10-6-3-7-11-25/h2,4-5,8-9,18H,3,6-7,10-17H2,1H3,(H,22,26)/t18-/m1/s1. The zero-order valence-electron chi connectivity index (χ0n) is 16.4. The second kappa shape index (κ2) is 9.85. The maximum atomic E-state index is 12.4. The molecule has 2 amide bonds. The van der Waals surface area contributed by atoms with Crippen LogP contribution in [0.1, 0.15) is 37.8 Å². The molecule has 3 rings (SSSR count). The third-order valence-electron chi connectivity index (χ3n) is 5.58. The number of likely N-dealkylation sites (tertiary alicyclic amines) is 1. The summed E-state index contributed by atoms with van der Waals surface area (Å²) in [6.07, 6.45) is 3.51. The molecule has 6 nitrogen and oxygen atoms in total. The van der Waals surface area contributed by atoms with E-state index in [4.69, 9.17) is 0 Å². The van der Waals surface area contributed by atoms with Crippen LogP contribution < -0.4 is 5.32 Å². The molecule has 2 saturated heterocycles. The van der Waals surface area contributed by atoms with Crippen molar-refractivity contribution in [2.24, 2.45) is 0 Å². The third-order valence-corrected chi connectivity index (χ3v) is 5.58. The van der Waals surface area contributed by atoms with Crippen LogP contribution in [0, 0.1) is 0 Å². The van der Waals surface area contributed by atoms with E-state index in [-0.39, 0.29) is 17.9 Å². The summed E-state index contributed by atoms with van der Waals surface area (Å²) in [5.74, 6) is 0.321. The Morgan fingerprint density at radius 3 is 2.11 bits per heavy atom. The van der Waals surface area contributed by atoms with Gasteiger partial charge in [-0.05, 0) is 31.7 Å². The molecule has 2 aliphatic rings. The van der Waals surface area contributed by atoms with E-state index in [2.05, 4.69) is 15.1 Å². The van der Waals surface area contributed by atoms with Crippen LogP contribution in [0.25, 0.3) is 0 Å². The smallest absolute Gasteiger partial charge is 0.236 e. The number of carbonyl (C=O) groups excluding carboxylic acids is 2. The minimum Gasteiger partial charge on any atom is -0.348 e. The van der Waals surface area contributed by atoms with Crippen LogP contribution in [0.4, 0.5) is 0 Å². The number of benzene rings is 1. The Morgan fingerprint density at radius 2 is 1.48 bits per heavy atom. The summed E-state index contributed by atoms with van der Waals surface area (Å²) in [5.41, 5.74) is 1.12. The van der Waals surface area contributed by atoms with Gasteiger partial charge in [-0.2, -0.15) is 0 Å². The summed E-state index contributed by atoms with van der Waals surface area (Å²) >= 11 is 0. The van der Waals surface area contributed by atoms with Crippen LogP contribution in [0.5, 0.6) is 0 Å². The van der Waals surface area contributed by atoms with Crippen molar-refractivity contribution in [3.05, 3.63) is 35.9 Å². The molecule has 1 N–H and O–H groups in total. The van der Waals surface area contributed by atoms with Crippen LogP contribution in [0.2, 0.25) is 0 Å². The topological polar surface area (TPSA) is 55.9 Å². The zero-order valence-corrected chi connectivity index (χ0v) is 16.4. The van der Waals surface area contributed by atoms with Crippen LogP contribution in [0.3, 0.4) is 0 Å². The first-order valence-electron chi connectivity index (χ1n) is 10.2. The van der Waals surface area contributed by atoms with Gasteiger partial charge < -0.3 is 10.2 Å². The van der Waals surface area contributed by atoms with Crippen LogP contribution >= 0.6 is 0 Å². The van der Waals surface area contributed by atoms with Gasteiger partial charge in [-0.15, -0.1) is 0 Å². The van der Waals surface area contributed by atoms with E-state index in [0.29, 0.717) is 13.1 Å². The lowest BCUT2D eigenvalue weighted by Crippen LogP contribution is -2.52. The summed E-state index contributed by atoms with van der Waals surface area (Å²) in [4.78, 5) is 31.1. The second-order valence-electron chi connectivity index (χ2n) is 7.69. The Balaban J connectivity index is 1.36. The molecule has 1 aromatic carbocycles. The number of carbonyl (C=O) groups is 2. The minimum absolute atomic E-state index is 0.0159. The molecule has 6 heteroatoms. The molecule has 0 aromatic heterocycles. The summed E-state index contributed by atoms with van der Waals surface area (Å²) in [5, 5.41) is 3.07. The number of rotatable bonds is 6. The Kier molecular flexibility index (Phi) is 7.24. The molecule has 27 heavy (non-hydrogen) atoms. The molecule has 1 aromatic rings. The van der Waals surface area contributed by atoms with Gasteiger partial charge in [-0.25, -0.2) is 0 Å². The van der Waals surface area contributed by atoms with E-state index >= 15 is 0 Å². The first kappa shape index (κ1) is 19.8. The van der Waals surface area contributed by atoms with Gasteiger partial charge in [0.2, 0.25) is 11.8 Å². The number of hydrogen-bond acceptors (Lipinski definition) is 4. The molecule has 0 aliphatic carbocycles. The van der Waals surface area contributed by atoms with Gasteiger partial charge in [0, 0.05) is 39.3 Å². The van der Waals surface area contributed by atoms with Crippen molar-refractivity contribution in [3.63, 3.8) is 0 Å². The van der Waals surface area contributed by atoms with Gasteiger partial charge >= 0.3 is 0 Å². The molecule has 2 aliphatic heterocycles. The first-order valence-corrected chi connectivity index (χ1v) is 10.2. The Bertz CT molecular complexity index is 608. The number of nitrogens with zero attached hydrogens (tertiary/aromatic N) is 3. The number of nitrogens with one attached hydrogen (secondary N) is 1. The van der Waals surface area contributed by atoms with Gasteiger partial charge in [0.15, 0.2) is 0 Å². The number of piperidine rings is 1. The highest BCUT2D eigenvalue weighted by atomic mass is 16.2. The summed E-state index contributed by atoms with van der Waals surface area (Å²) in [6.45, 7) is 8.15. The molecule has 0 bridgehead atoms. The van der Waals surface area contributed by atoms with Gasteiger partial charge in [-0.3, -0.25) is 19.4 Å². The second-order valence-corrected chi connectivity index (χ2v) is 7.69. The monoisotopic (exact) mass is 372 g/mol. The number of piperazine rings is 1. The van der Waals surface area contributed by atoms with E-state index in [0.717, 1.165) is 57.7 Å². The quantitative estimate of drug-likeness (QED) is 0.822. The van der Waals surface area contributed by atoms with Gasteiger partial charge in [0.05, 0.1) is 19.1 Å². The largest absolute Gasteiger partial charge is 0.348 e. The van der Waals surface area contributed by atoms with E-state index in [9.17, 15) is 9.59 Å². The van der Waals surface area contributed by atoms with Crippen molar-refractivity contribution in [3.8, 4) is 0 Å². The van der Waals surface area contributed by atoms with Gasteiger partial charge in [-0.1, -0.05) is 30.3 Å². The van der Waals surface area contributed by atoms with Crippen molar-refractivity contribution in [1.29, 1.82) is 0 Å². The van der Waals surface area contributed by atoms with Crippen LogP contribution in [-0.4, -0.2) is 78.9 Å². The lowest BCUT2D eigenvalue weighted by atomic mass is 10.1. The van der Waals surface area contributed by atoms with E-state index in [1.54, 1.807) is 0 Å². The Hall–Kier alpha value is -1.92. The highest BCUT2D eigenvalue weighted by molar-refractivity contribution is 5.79. The lowest BCUT2D eigenvalue weighted by Gasteiger charge is -2.35. The predicted octanol–water partition coefficient (Wildman–Crippen LogP) is 1.49. The summed E-state index contributed by atoms with van der Waals surface area (Å²) in [6, 6.07) is 10.0. The average molecular weight is 373 g/mol. The van der Waals surface area contributed by atoms with Crippen molar-refractivity contribution in [2.75, 3.05) is 52.4 Å². The van der Waals surface area contributed by atoms with E-state index < -0.39 is 0 Å². The molecule has 0 unspecified atom stereocenters. The minimum atomic E-state index is 0.0159. The van der Waals surface area contributed by atoms with Crippen LogP contribution in [0.15, 0.2) is 30.3 Å². The lowest BCUT2D eigenvalue weighted by molar-refractivity contribution is -0.134. The third kappa shape index (κ3) is 6.04. The normalized spacial score (nSPS) is 20.3. The SMILES string of the molecule is C[C@@H](NC(=O)CN1CCN(CC(=O)N2CCCCC2)CC1)c1ccccc1. The van der Waals surface area contributed by atoms with Gasteiger partial charge in [0.1, 0.15) is 0 Å². The molecule has 148 valence electrons. The highest BCUT2D eigenvalue weighted by Gasteiger charge is 2.23.